The molecule has 3 unspecified atom stereocenters. The molecule has 6 rings (SSSR count). The average molecular weight is 523 g/mol. The van der Waals surface area contributed by atoms with E-state index in [1.165, 1.54) is 5.56 Å². The van der Waals surface area contributed by atoms with Crippen LogP contribution in [0, 0.1) is 0 Å². The number of benzene rings is 2. The van der Waals surface area contributed by atoms with Gasteiger partial charge in [-0.05, 0) is 63.9 Å². The number of nitrogens with one attached hydrogen (secondary N) is 1. The Bertz CT molecular complexity index is 1500. The van der Waals surface area contributed by atoms with Gasteiger partial charge in [0.1, 0.15) is 17.2 Å². The molecule has 2 bridgehead atoms. The van der Waals surface area contributed by atoms with Crippen molar-refractivity contribution in [3.05, 3.63) is 78.5 Å². The fourth-order valence-electron chi connectivity index (χ4n) is 5.57. The van der Waals surface area contributed by atoms with Crippen LogP contribution in [0.5, 0.6) is 0 Å². The van der Waals surface area contributed by atoms with E-state index in [0.29, 0.717) is 12.4 Å². The second-order valence-corrected chi connectivity index (χ2v) is 11.4. The van der Waals surface area contributed by atoms with Crippen LogP contribution in [-0.4, -0.2) is 56.7 Å². The molecule has 2 aromatic carbocycles. The first-order valence-electron chi connectivity index (χ1n) is 13.6. The molecule has 2 saturated heterocycles. The summed E-state index contributed by atoms with van der Waals surface area (Å²) in [4.78, 5) is 31.6. The van der Waals surface area contributed by atoms with Gasteiger partial charge < -0.3 is 19.9 Å². The Balaban J connectivity index is 1.28. The number of para-hydroxylation sites is 1. The van der Waals surface area contributed by atoms with Gasteiger partial charge in [0.25, 0.3) is 0 Å². The van der Waals surface area contributed by atoms with Crippen LogP contribution in [0.4, 0.5) is 16.4 Å². The van der Waals surface area contributed by atoms with E-state index in [-0.39, 0.29) is 24.2 Å². The number of amides is 1. The van der Waals surface area contributed by atoms with Gasteiger partial charge >= 0.3 is 6.09 Å². The lowest BCUT2D eigenvalue weighted by Gasteiger charge is -2.36. The van der Waals surface area contributed by atoms with Crippen LogP contribution in [0.15, 0.2) is 72.9 Å². The number of aromatic nitrogens is 3. The minimum Gasteiger partial charge on any atom is -0.444 e. The first kappa shape index (κ1) is 25.1. The molecule has 4 heterocycles. The molecule has 0 saturated carbocycles. The minimum absolute atomic E-state index is 0.107. The molecular formula is C31H34N6O2. The van der Waals surface area contributed by atoms with Gasteiger partial charge in [0, 0.05) is 36.3 Å². The van der Waals surface area contributed by atoms with E-state index < -0.39 is 5.60 Å². The molecule has 39 heavy (non-hydrogen) atoms. The van der Waals surface area contributed by atoms with Crippen LogP contribution in [0.3, 0.4) is 0 Å². The maximum atomic E-state index is 12.8. The van der Waals surface area contributed by atoms with E-state index in [9.17, 15) is 4.79 Å². The van der Waals surface area contributed by atoms with Crippen molar-refractivity contribution in [3.8, 4) is 11.4 Å². The van der Waals surface area contributed by atoms with E-state index in [0.717, 1.165) is 41.1 Å². The van der Waals surface area contributed by atoms with E-state index in [1.54, 1.807) is 6.20 Å². The van der Waals surface area contributed by atoms with Crippen molar-refractivity contribution in [2.45, 2.75) is 57.8 Å². The van der Waals surface area contributed by atoms with Crippen LogP contribution in [-0.2, 0) is 4.74 Å². The Hall–Kier alpha value is -4.20. The molecule has 2 aliphatic rings. The van der Waals surface area contributed by atoms with Crippen molar-refractivity contribution >= 4 is 28.6 Å². The van der Waals surface area contributed by atoms with Gasteiger partial charge in [-0.25, -0.2) is 19.7 Å². The van der Waals surface area contributed by atoms with E-state index in [4.69, 9.17) is 14.7 Å². The van der Waals surface area contributed by atoms with Crippen LogP contribution in [0.1, 0.15) is 45.7 Å². The van der Waals surface area contributed by atoms with Crippen molar-refractivity contribution in [2.75, 3.05) is 23.3 Å². The summed E-state index contributed by atoms with van der Waals surface area (Å²) in [6.45, 7) is 9.20. The van der Waals surface area contributed by atoms with Crippen molar-refractivity contribution in [1.82, 2.24) is 19.9 Å². The zero-order valence-electron chi connectivity index (χ0n) is 22.8. The molecule has 2 aromatic heterocycles. The second kappa shape index (κ2) is 9.84. The first-order valence-corrected chi connectivity index (χ1v) is 13.6. The third-order valence-electron chi connectivity index (χ3n) is 7.41. The highest BCUT2D eigenvalue weighted by Crippen LogP contribution is 2.38. The van der Waals surface area contributed by atoms with Crippen LogP contribution in [0.25, 0.3) is 22.3 Å². The highest BCUT2D eigenvalue weighted by Gasteiger charge is 2.47. The molecule has 0 aliphatic carbocycles. The molecule has 2 aliphatic heterocycles. The number of hydrogen-bond acceptors (Lipinski definition) is 7. The van der Waals surface area contributed by atoms with Gasteiger partial charge in [-0.1, -0.05) is 42.5 Å². The van der Waals surface area contributed by atoms with Gasteiger partial charge in [-0.15, -0.1) is 0 Å². The highest BCUT2D eigenvalue weighted by atomic mass is 16.6. The quantitative estimate of drug-likeness (QED) is 0.341. The number of ether oxygens (including phenoxy) is 1. The molecule has 0 radical (unpaired) electrons. The molecule has 1 N–H and O–H groups in total. The molecule has 4 aromatic rings. The van der Waals surface area contributed by atoms with E-state index >= 15 is 0 Å². The molecular weight excluding hydrogens is 488 g/mol. The predicted octanol–water partition coefficient (Wildman–Crippen LogP) is 6.06. The number of likely N-dealkylation sites (tertiary alicyclic amines) is 1. The molecule has 3 atom stereocenters. The lowest BCUT2D eigenvalue weighted by Crippen LogP contribution is -2.50. The lowest BCUT2D eigenvalue weighted by atomic mass is 10.1. The Morgan fingerprint density at radius 3 is 2.51 bits per heavy atom. The second-order valence-electron chi connectivity index (χ2n) is 11.4. The number of nitrogens with zero attached hydrogens (tertiary/aromatic N) is 5. The molecule has 8 nitrogen and oxygen atoms in total. The summed E-state index contributed by atoms with van der Waals surface area (Å²) < 4.78 is 5.66. The van der Waals surface area contributed by atoms with Crippen LogP contribution < -0.4 is 10.2 Å². The first-order chi connectivity index (χ1) is 18.7. The van der Waals surface area contributed by atoms with E-state index in [2.05, 4.69) is 40.3 Å². The number of carbonyl (C=O) groups is 1. The minimum atomic E-state index is -0.506. The zero-order valence-corrected chi connectivity index (χ0v) is 22.8. The summed E-state index contributed by atoms with van der Waals surface area (Å²) in [7, 11) is 0. The fraction of sp³-hybridized carbons (Fsp3) is 0.355. The summed E-state index contributed by atoms with van der Waals surface area (Å²) in [5, 5.41) is 4.52. The third-order valence-corrected chi connectivity index (χ3v) is 7.41. The van der Waals surface area contributed by atoms with Gasteiger partial charge in [-0.2, -0.15) is 0 Å². The number of piperazine rings is 1. The summed E-state index contributed by atoms with van der Waals surface area (Å²) in [6, 6.07) is 22.8. The average Bonchev–Trinajstić information content (AvgIpc) is 3.54. The maximum absolute atomic E-state index is 12.8. The van der Waals surface area contributed by atoms with Crippen molar-refractivity contribution in [1.29, 1.82) is 0 Å². The van der Waals surface area contributed by atoms with Gasteiger partial charge in [-0.3, -0.25) is 0 Å². The number of anilines is 2. The number of carbonyl (C=O) groups excluding carboxylic acids is 1. The Labute approximate surface area is 229 Å². The molecule has 2 fully saturated rings. The summed E-state index contributed by atoms with van der Waals surface area (Å²) >= 11 is 0. The molecule has 200 valence electrons. The van der Waals surface area contributed by atoms with Crippen LogP contribution >= 0.6 is 0 Å². The fourth-order valence-corrected chi connectivity index (χ4v) is 5.57. The summed E-state index contributed by atoms with van der Waals surface area (Å²) in [6.07, 6.45) is 2.47. The van der Waals surface area contributed by atoms with Gasteiger partial charge in [0.15, 0.2) is 5.82 Å². The standard InChI is InChI=1S/C31H34N6O2/c1-20(21-10-6-5-7-11-21)33-27-16-22(14-15-32-27)28-34-26-13-9-8-12-25(26)29(35-28)36-18-24-17-23(36)19-37(24)30(38)39-31(2,3)4/h5-16,20,23-24H,17-19H2,1-4H3,(H,32,33). The van der Waals surface area contributed by atoms with Crippen molar-refractivity contribution in [2.24, 2.45) is 0 Å². The smallest absolute Gasteiger partial charge is 0.410 e. The molecule has 8 heteroatoms. The molecule has 1 amide bonds. The number of hydrogen-bond donors (Lipinski definition) is 1. The normalized spacial score (nSPS) is 19.4. The Morgan fingerprint density at radius 2 is 1.77 bits per heavy atom. The summed E-state index contributed by atoms with van der Waals surface area (Å²) in [5.41, 5.74) is 2.49. The highest BCUT2D eigenvalue weighted by molar-refractivity contribution is 5.91. The maximum Gasteiger partial charge on any atom is 0.410 e. The number of pyridine rings is 1. The van der Waals surface area contributed by atoms with Crippen molar-refractivity contribution < 1.29 is 9.53 Å². The van der Waals surface area contributed by atoms with Gasteiger partial charge in [0.05, 0.1) is 17.6 Å². The predicted molar refractivity (Wildman–Crippen MR) is 154 cm³/mol. The number of rotatable bonds is 5. The number of fused-ring (bicyclic) bond motifs is 3. The lowest BCUT2D eigenvalue weighted by molar-refractivity contribution is 0.0214. The Kier molecular flexibility index (Phi) is 6.33. The van der Waals surface area contributed by atoms with Crippen LogP contribution in [0.2, 0.25) is 0 Å². The molecule has 0 spiro atoms. The topological polar surface area (TPSA) is 83.5 Å². The van der Waals surface area contributed by atoms with Gasteiger partial charge in [0.2, 0.25) is 0 Å². The third kappa shape index (κ3) is 5.11. The summed E-state index contributed by atoms with van der Waals surface area (Å²) in [5.74, 6) is 2.35. The van der Waals surface area contributed by atoms with Crippen molar-refractivity contribution in [3.63, 3.8) is 0 Å². The largest absolute Gasteiger partial charge is 0.444 e. The SMILES string of the molecule is CC(Nc1cc(-c2nc(N3CC4CC3CN4C(=O)OC(C)(C)C)c3ccccc3n2)ccn1)c1ccccc1. The zero-order chi connectivity index (χ0) is 27.1. The Morgan fingerprint density at radius 1 is 1.00 bits per heavy atom. The monoisotopic (exact) mass is 522 g/mol. The van der Waals surface area contributed by atoms with E-state index in [1.807, 2.05) is 74.2 Å².